The van der Waals surface area contributed by atoms with Gasteiger partial charge in [0.25, 0.3) is 0 Å². The smallest absolute Gasteiger partial charge is 0.241 e. The number of ether oxygens (including phenoxy) is 1. The van der Waals surface area contributed by atoms with Gasteiger partial charge in [-0.15, -0.1) is 0 Å². The van der Waals surface area contributed by atoms with Gasteiger partial charge in [-0.25, -0.2) is 0 Å². The Morgan fingerprint density at radius 1 is 1.24 bits per heavy atom. The topological polar surface area (TPSA) is 88.3 Å². The molecule has 0 aliphatic rings. The lowest BCUT2D eigenvalue weighted by Gasteiger charge is -2.17. The van der Waals surface area contributed by atoms with Gasteiger partial charge in [0.15, 0.2) is 0 Å². The molecule has 3 aromatic rings. The Hall–Kier alpha value is -3.11. The molecule has 0 aliphatic carbocycles. The van der Waals surface area contributed by atoms with Crippen molar-refractivity contribution >= 4 is 0 Å². The van der Waals surface area contributed by atoms with E-state index in [1.807, 2.05) is 41.3 Å². The van der Waals surface area contributed by atoms with Crippen LogP contribution in [0, 0.1) is 11.3 Å². The van der Waals surface area contributed by atoms with Crippen molar-refractivity contribution in [2.45, 2.75) is 19.5 Å². The molecule has 0 saturated carbocycles. The van der Waals surface area contributed by atoms with Gasteiger partial charge in [-0.3, -0.25) is 4.90 Å². The zero-order chi connectivity index (χ0) is 17.5. The second kappa shape index (κ2) is 8.13. The van der Waals surface area contributed by atoms with Gasteiger partial charge in [-0.05, 0) is 24.3 Å². The molecule has 7 nitrogen and oxygen atoms in total. The van der Waals surface area contributed by atoms with Crippen LogP contribution in [0.5, 0.6) is 5.75 Å². The summed E-state index contributed by atoms with van der Waals surface area (Å²) in [6, 6.07) is 13.4. The third-order valence-electron chi connectivity index (χ3n) is 3.65. The number of nitrogens with zero attached hydrogens (tertiary/aromatic N) is 4. The lowest BCUT2D eigenvalue weighted by atomic mass is 10.2. The maximum atomic E-state index is 8.85. The summed E-state index contributed by atoms with van der Waals surface area (Å²) in [5.41, 5.74) is 0.823. The Balaban J connectivity index is 1.72. The van der Waals surface area contributed by atoms with E-state index < -0.39 is 0 Å². The standard InChI is InChI=1S/C18H18N4O3/c1-23-15-6-2-5-14(11-15)18-20-17(25-21-18)13-22(9-4-8-19)12-16-7-3-10-24-16/h2-3,5-7,10-11H,4,9,12-13H2,1H3. The predicted octanol–water partition coefficient (Wildman–Crippen LogP) is 3.25. The monoisotopic (exact) mass is 338 g/mol. The van der Waals surface area contributed by atoms with Crippen molar-refractivity contribution in [3.05, 3.63) is 54.3 Å². The highest BCUT2D eigenvalue weighted by atomic mass is 16.5. The normalized spacial score (nSPS) is 10.8. The fraction of sp³-hybridized carbons (Fsp3) is 0.278. The summed E-state index contributed by atoms with van der Waals surface area (Å²) in [6.45, 7) is 1.61. The predicted molar refractivity (Wildman–Crippen MR) is 89.3 cm³/mol. The molecule has 0 unspecified atom stereocenters. The number of benzene rings is 1. The molecular weight excluding hydrogens is 320 g/mol. The minimum Gasteiger partial charge on any atom is -0.497 e. The van der Waals surface area contributed by atoms with Crippen LogP contribution in [0.15, 0.2) is 51.6 Å². The molecule has 2 aromatic heterocycles. The average molecular weight is 338 g/mol. The summed E-state index contributed by atoms with van der Waals surface area (Å²) in [5, 5.41) is 12.9. The van der Waals surface area contributed by atoms with E-state index in [9.17, 15) is 0 Å². The van der Waals surface area contributed by atoms with Gasteiger partial charge in [0, 0.05) is 18.5 Å². The lowest BCUT2D eigenvalue weighted by molar-refractivity contribution is 0.208. The Labute approximate surface area is 145 Å². The van der Waals surface area contributed by atoms with Crippen molar-refractivity contribution in [1.29, 1.82) is 5.26 Å². The molecule has 0 spiro atoms. The van der Waals surface area contributed by atoms with Gasteiger partial charge in [0.05, 0.1) is 32.5 Å². The van der Waals surface area contributed by atoms with Gasteiger partial charge in [0.1, 0.15) is 11.5 Å². The highest BCUT2D eigenvalue weighted by Crippen LogP contribution is 2.21. The van der Waals surface area contributed by atoms with Crippen LogP contribution in [0.2, 0.25) is 0 Å². The molecule has 0 aliphatic heterocycles. The first-order valence-electron chi connectivity index (χ1n) is 7.87. The molecule has 0 amide bonds. The number of methoxy groups -OCH3 is 1. The van der Waals surface area contributed by atoms with E-state index in [0.29, 0.717) is 37.8 Å². The van der Waals surface area contributed by atoms with Crippen molar-refractivity contribution in [3.63, 3.8) is 0 Å². The molecular formula is C18H18N4O3. The second-order valence-corrected chi connectivity index (χ2v) is 5.44. The highest BCUT2D eigenvalue weighted by Gasteiger charge is 2.15. The number of hydrogen-bond donors (Lipinski definition) is 0. The maximum Gasteiger partial charge on any atom is 0.241 e. The zero-order valence-corrected chi connectivity index (χ0v) is 13.9. The summed E-state index contributed by atoms with van der Waals surface area (Å²) >= 11 is 0. The zero-order valence-electron chi connectivity index (χ0n) is 13.9. The molecule has 3 rings (SSSR count). The molecule has 2 heterocycles. The van der Waals surface area contributed by atoms with E-state index in [0.717, 1.165) is 17.1 Å². The maximum absolute atomic E-state index is 8.85. The third kappa shape index (κ3) is 4.46. The van der Waals surface area contributed by atoms with E-state index in [1.54, 1.807) is 13.4 Å². The van der Waals surface area contributed by atoms with E-state index in [4.69, 9.17) is 18.9 Å². The van der Waals surface area contributed by atoms with Crippen LogP contribution in [0.3, 0.4) is 0 Å². The van der Waals surface area contributed by atoms with E-state index >= 15 is 0 Å². The number of hydrogen-bond acceptors (Lipinski definition) is 7. The molecule has 25 heavy (non-hydrogen) atoms. The van der Waals surface area contributed by atoms with Crippen molar-refractivity contribution in [3.8, 4) is 23.2 Å². The van der Waals surface area contributed by atoms with Crippen molar-refractivity contribution in [1.82, 2.24) is 15.0 Å². The first-order valence-corrected chi connectivity index (χ1v) is 7.87. The molecule has 7 heteroatoms. The Bertz CT molecular complexity index is 836. The van der Waals surface area contributed by atoms with Crippen LogP contribution in [-0.4, -0.2) is 28.7 Å². The number of aromatic nitrogens is 2. The highest BCUT2D eigenvalue weighted by molar-refractivity contribution is 5.56. The molecule has 0 saturated heterocycles. The fourth-order valence-corrected chi connectivity index (χ4v) is 2.43. The Morgan fingerprint density at radius 2 is 2.16 bits per heavy atom. The summed E-state index contributed by atoms with van der Waals surface area (Å²) < 4.78 is 16.0. The minimum absolute atomic E-state index is 0.414. The summed E-state index contributed by atoms with van der Waals surface area (Å²) in [7, 11) is 1.61. The van der Waals surface area contributed by atoms with Gasteiger partial charge in [-0.2, -0.15) is 10.2 Å². The number of furan rings is 1. The minimum atomic E-state index is 0.414. The van der Waals surface area contributed by atoms with Gasteiger partial charge < -0.3 is 13.7 Å². The van der Waals surface area contributed by atoms with Gasteiger partial charge in [0.2, 0.25) is 11.7 Å². The van der Waals surface area contributed by atoms with E-state index in [1.165, 1.54) is 0 Å². The van der Waals surface area contributed by atoms with Crippen molar-refractivity contribution in [2.24, 2.45) is 0 Å². The first-order chi connectivity index (χ1) is 12.3. The molecule has 0 atom stereocenters. The van der Waals surface area contributed by atoms with E-state index in [2.05, 4.69) is 16.2 Å². The van der Waals surface area contributed by atoms with Crippen molar-refractivity contribution < 1.29 is 13.7 Å². The molecule has 1 aromatic carbocycles. The van der Waals surface area contributed by atoms with Gasteiger partial charge >= 0.3 is 0 Å². The number of nitriles is 1. The average Bonchev–Trinajstić information content (AvgIpc) is 3.32. The molecule has 128 valence electrons. The van der Waals surface area contributed by atoms with Crippen LogP contribution >= 0.6 is 0 Å². The lowest BCUT2D eigenvalue weighted by Crippen LogP contribution is -2.23. The summed E-state index contributed by atoms with van der Waals surface area (Å²) in [6.07, 6.45) is 2.04. The largest absolute Gasteiger partial charge is 0.497 e. The van der Waals surface area contributed by atoms with Gasteiger partial charge in [-0.1, -0.05) is 17.3 Å². The summed E-state index contributed by atoms with van der Waals surface area (Å²) in [4.78, 5) is 6.48. The Kier molecular flexibility index (Phi) is 5.44. The molecule has 0 fully saturated rings. The molecule has 0 radical (unpaired) electrons. The van der Waals surface area contributed by atoms with Crippen LogP contribution in [0.25, 0.3) is 11.4 Å². The molecule has 0 bridgehead atoms. The SMILES string of the molecule is COc1cccc(-c2noc(CN(CCC#N)Cc3ccco3)n2)c1. The third-order valence-corrected chi connectivity index (χ3v) is 3.65. The summed E-state index contributed by atoms with van der Waals surface area (Å²) in [5.74, 6) is 2.55. The van der Waals surface area contributed by atoms with Crippen LogP contribution in [-0.2, 0) is 13.1 Å². The first kappa shape index (κ1) is 16.7. The second-order valence-electron chi connectivity index (χ2n) is 5.44. The van der Waals surface area contributed by atoms with Crippen LogP contribution < -0.4 is 4.74 Å². The van der Waals surface area contributed by atoms with Crippen molar-refractivity contribution in [2.75, 3.05) is 13.7 Å². The Morgan fingerprint density at radius 3 is 2.92 bits per heavy atom. The molecule has 0 N–H and O–H groups in total. The fourth-order valence-electron chi connectivity index (χ4n) is 2.43. The number of rotatable bonds is 8. The quantitative estimate of drug-likeness (QED) is 0.623. The van der Waals surface area contributed by atoms with E-state index in [-0.39, 0.29) is 0 Å². The van der Waals surface area contributed by atoms with Crippen LogP contribution in [0.4, 0.5) is 0 Å². The van der Waals surface area contributed by atoms with Crippen LogP contribution in [0.1, 0.15) is 18.1 Å².